The highest BCUT2D eigenvalue weighted by Gasteiger charge is 2.17. The molecule has 1 fully saturated rings. The Hall–Kier alpha value is -4.31. The number of pyridine rings is 1. The molecule has 0 radical (unpaired) electrons. The van der Waals surface area contributed by atoms with Crippen LogP contribution in [0.15, 0.2) is 73.1 Å². The summed E-state index contributed by atoms with van der Waals surface area (Å²) in [6.07, 6.45) is 8.02. The first-order valence-corrected chi connectivity index (χ1v) is 10.7. The fourth-order valence-corrected chi connectivity index (χ4v) is 3.23. The number of urea groups is 1. The third-order valence-electron chi connectivity index (χ3n) is 5.02. The highest BCUT2D eigenvalue weighted by Crippen LogP contribution is 2.24. The monoisotopic (exact) mass is 463 g/mol. The van der Waals surface area contributed by atoms with Crippen LogP contribution in [0.5, 0.6) is 0 Å². The van der Waals surface area contributed by atoms with Crippen LogP contribution in [0.4, 0.5) is 27.7 Å². The molecule has 178 valence electrons. The fraction of sp³-hybridized carbons (Fsp3) is 0.208. The normalized spacial score (nSPS) is 14.0. The van der Waals surface area contributed by atoms with Gasteiger partial charge in [0, 0.05) is 43.3 Å². The first-order valence-electron chi connectivity index (χ1n) is 10.7. The maximum absolute atomic E-state index is 12.5. The van der Waals surface area contributed by atoms with Gasteiger partial charge in [-0.25, -0.2) is 9.78 Å². The molecule has 34 heavy (non-hydrogen) atoms. The van der Waals surface area contributed by atoms with Gasteiger partial charge in [-0.3, -0.25) is 4.79 Å². The molecule has 3 amide bonds. The Bertz CT molecular complexity index is 1090. The second-order valence-electron chi connectivity index (χ2n) is 7.40. The lowest BCUT2D eigenvalue weighted by Crippen LogP contribution is -2.43. The van der Waals surface area contributed by atoms with Gasteiger partial charge in [-0.2, -0.15) is 0 Å². The Morgan fingerprint density at radius 1 is 1.21 bits per heavy atom. The number of nitrogens with two attached hydrogens (primary N) is 2. The molecule has 1 aliphatic rings. The molecule has 1 aromatic carbocycles. The third kappa shape index (κ3) is 6.84. The lowest BCUT2D eigenvalue weighted by atomic mass is 10.2. The van der Waals surface area contributed by atoms with Gasteiger partial charge in [0.15, 0.2) is 0 Å². The average molecular weight is 464 g/mol. The molecule has 1 saturated heterocycles. The van der Waals surface area contributed by atoms with Gasteiger partial charge in [0.05, 0.1) is 24.5 Å². The molecular weight excluding hydrogens is 434 g/mol. The first kappa shape index (κ1) is 24.3. The van der Waals surface area contributed by atoms with E-state index in [0.29, 0.717) is 55.7 Å². The van der Waals surface area contributed by atoms with E-state index in [4.69, 9.17) is 16.2 Å². The van der Waals surface area contributed by atoms with E-state index in [1.54, 1.807) is 41.3 Å². The summed E-state index contributed by atoms with van der Waals surface area (Å²) in [6, 6.07) is 8.79. The van der Waals surface area contributed by atoms with E-state index in [2.05, 4.69) is 27.5 Å². The quantitative estimate of drug-likeness (QED) is 0.359. The van der Waals surface area contributed by atoms with Crippen LogP contribution in [0, 0.1) is 0 Å². The summed E-state index contributed by atoms with van der Waals surface area (Å²) in [7, 11) is 0. The van der Waals surface area contributed by atoms with Crippen molar-refractivity contribution >= 4 is 34.8 Å². The number of benzene rings is 1. The number of morpholine rings is 1. The zero-order valence-corrected chi connectivity index (χ0v) is 18.8. The predicted octanol–water partition coefficient (Wildman–Crippen LogP) is 2.78. The Balaban J connectivity index is 1.73. The molecule has 2 heterocycles. The van der Waals surface area contributed by atoms with Crippen LogP contribution in [0.2, 0.25) is 0 Å². The summed E-state index contributed by atoms with van der Waals surface area (Å²) in [5.74, 6) is -0.101. The van der Waals surface area contributed by atoms with E-state index >= 15 is 0 Å². The number of nitrogens with zero attached hydrogens (tertiary/aromatic N) is 2. The first-order chi connectivity index (χ1) is 16.5. The zero-order chi connectivity index (χ0) is 24.3. The van der Waals surface area contributed by atoms with Crippen LogP contribution in [0.1, 0.15) is 10.4 Å². The molecule has 1 aromatic heterocycles. The van der Waals surface area contributed by atoms with Crippen molar-refractivity contribution in [1.29, 1.82) is 0 Å². The maximum atomic E-state index is 12.5. The number of aromatic nitrogens is 1. The lowest BCUT2D eigenvalue weighted by Gasteiger charge is -2.27. The van der Waals surface area contributed by atoms with Crippen molar-refractivity contribution in [1.82, 2.24) is 9.88 Å². The van der Waals surface area contributed by atoms with Gasteiger partial charge in [0.1, 0.15) is 5.82 Å². The second-order valence-corrected chi connectivity index (χ2v) is 7.40. The summed E-state index contributed by atoms with van der Waals surface area (Å²) in [6.45, 7) is 6.36. The number of hydrogen-bond acceptors (Lipinski definition) is 7. The molecule has 0 atom stereocenters. The van der Waals surface area contributed by atoms with Gasteiger partial charge in [-0.15, -0.1) is 0 Å². The molecule has 0 spiro atoms. The minimum Gasteiger partial charge on any atom is -0.405 e. The van der Waals surface area contributed by atoms with E-state index in [-0.39, 0.29) is 11.6 Å². The Kier molecular flexibility index (Phi) is 8.64. The van der Waals surface area contributed by atoms with Crippen molar-refractivity contribution < 1.29 is 14.3 Å². The van der Waals surface area contributed by atoms with Crippen LogP contribution >= 0.6 is 0 Å². The van der Waals surface area contributed by atoms with Crippen LogP contribution in [0.3, 0.4) is 0 Å². The molecular formula is C24H29N7O3. The van der Waals surface area contributed by atoms with Gasteiger partial charge < -0.3 is 37.1 Å². The molecule has 7 N–H and O–H groups in total. The number of carbonyl (C=O) groups excluding carboxylic acids is 2. The molecule has 10 nitrogen and oxygen atoms in total. The number of hydrogen-bond donors (Lipinski definition) is 5. The summed E-state index contributed by atoms with van der Waals surface area (Å²) in [4.78, 5) is 30.3. The van der Waals surface area contributed by atoms with Gasteiger partial charge in [0.25, 0.3) is 5.91 Å². The summed E-state index contributed by atoms with van der Waals surface area (Å²) < 4.78 is 5.28. The van der Waals surface area contributed by atoms with Crippen molar-refractivity contribution in [2.45, 2.75) is 0 Å². The van der Waals surface area contributed by atoms with E-state index in [1.165, 1.54) is 12.4 Å². The molecule has 1 aliphatic heterocycles. The van der Waals surface area contributed by atoms with Crippen LogP contribution in [0.25, 0.3) is 0 Å². The van der Waals surface area contributed by atoms with Crippen LogP contribution < -0.4 is 27.4 Å². The minimum absolute atomic E-state index is 0.175. The van der Waals surface area contributed by atoms with Gasteiger partial charge in [-0.05, 0) is 36.0 Å². The maximum Gasteiger partial charge on any atom is 0.322 e. The largest absolute Gasteiger partial charge is 0.405 e. The van der Waals surface area contributed by atoms with Crippen LogP contribution in [-0.4, -0.2) is 54.7 Å². The highest BCUT2D eigenvalue weighted by atomic mass is 16.5. The molecule has 0 bridgehead atoms. The highest BCUT2D eigenvalue weighted by molar-refractivity contribution is 5.98. The van der Waals surface area contributed by atoms with Crippen LogP contribution in [-0.2, 0) is 4.74 Å². The zero-order valence-electron chi connectivity index (χ0n) is 18.8. The summed E-state index contributed by atoms with van der Waals surface area (Å²) >= 11 is 0. The van der Waals surface area contributed by atoms with E-state index in [9.17, 15) is 9.59 Å². The third-order valence-corrected chi connectivity index (χ3v) is 5.02. The minimum atomic E-state index is -0.597. The van der Waals surface area contributed by atoms with Gasteiger partial charge in [-0.1, -0.05) is 24.8 Å². The number of ether oxygens (including phenoxy) is 1. The Morgan fingerprint density at radius 2 is 1.97 bits per heavy atom. The van der Waals surface area contributed by atoms with Crippen molar-refractivity contribution in [3.8, 4) is 0 Å². The number of amides is 3. The molecule has 2 aromatic rings. The average Bonchev–Trinajstić information content (AvgIpc) is 2.85. The smallest absolute Gasteiger partial charge is 0.322 e. The standard InChI is InChI=1S/C24H29N7O3/c1-2-17(5-4-8-25)15-27-21-14-22(28-16-20(21)23(26)32)29-18-6-3-7-19(13-18)30-24(33)31-9-11-34-12-10-31/h2-8,13-14,16H,1,9-12,15,25H2,(H2,26,32)(H,30,33)(H2,27,28,29)/b8-4-,17-5+. The summed E-state index contributed by atoms with van der Waals surface area (Å²) in [5.41, 5.74) is 13.9. The number of nitrogens with one attached hydrogen (secondary N) is 3. The van der Waals surface area contributed by atoms with Crippen molar-refractivity contribution in [2.75, 3.05) is 48.8 Å². The number of carbonyl (C=O) groups is 2. The number of allylic oxidation sites excluding steroid dienone is 2. The predicted molar refractivity (Wildman–Crippen MR) is 134 cm³/mol. The van der Waals surface area contributed by atoms with Gasteiger partial charge in [0.2, 0.25) is 0 Å². The topological polar surface area (TPSA) is 148 Å². The van der Waals surface area contributed by atoms with E-state index < -0.39 is 5.91 Å². The van der Waals surface area contributed by atoms with Crippen molar-refractivity contribution in [3.05, 3.63) is 78.7 Å². The molecule has 10 heteroatoms. The van der Waals surface area contributed by atoms with Crippen molar-refractivity contribution in [3.63, 3.8) is 0 Å². The number of anilines is 4. The Labute approximate surface area is 198 Å². The SMILES string of the molecule is C=C/C(=C\C=C/N)CNc1cc(Nc2cccc(NC(=O)N3CCOCC3)c2)ncc1C(N)=O. The van der Waals surface area contributed by atoms with E-state index in [1.807, 2.05) is 12.1 Å². The molecule has 0 saturated carbocycles. The number of primary amides is 1. The molecule has 0 aliphatic carbocycles. The lowest BCUT2D eigenvalue weighted by molar-refractivity contribution is 0.0564. The molecule has 0 unspecified atom stereocenters. The fourth-order valence-electron chi connectivity index (χ4n) is 3.23. The Morgan fingerprint density at radius 3 is 2.68 bits per heavy atom. The van der Waals surface area contributed by atoms with Gasteiger partial charge >= 0.3 is 6.03 Å². The van der Waals surface area contributed by atoms with E-state index in [0.717, 1.165) is 5.57 Å². The second kappa shape index (κ2) is 12.1. The number of rotatable bonds is 9. The summed E-state index contributed by atoms with van der Waals surface area (Å²) in [5, 5.41) is 9.27. The molecule has 3 rings (SSSR count). The van der Waals surface area contributed by atoms with Crippen molar-refractivity contribution in [2.24, 2.45) is 11.5 Å².